The average Bonchev–Trinajstić information content (AvgIpc) is 3.76. The third-order valence-electron chi connectivity index (χ3n) is 10.2. The van der Waals surface area contributed by atoms with Gasteiger partial charge in [-0.2, -0.15) is 0 Å². The molecule has 13 heteroatoms. The molecular formula is C46H38BrN5O5S2. The van der Waals surface area contributed by atoms with E-state index in [2.05, 4.69) is 68.1 Å². The lowest BCUT2D eigenvalue weighted by atomic mass is 9.77. The first-order valence-corrected chi connectivity index (χ1v) is 21.8. The van der Waals surface area contributed by atoms with E-state index in [9.17, 15) is 14.4 Å². The number of ether oxygens (including phenoxy) is 1. The molecule has 0 unspecified atom stereocenters. The highest BCUT2D eigenvalue weighted by atomic mass is 79.9. The normalized spacial score (nSPS) is 16.6. The molecule has 2 N–H and O–H groups in total. The standard InChI is InChI=1S/C46H38BrN5O5S2/c1-56-51-37(36-29-59-45(48-36)50-46(33-21-11-4-12-22-33,34-23-13-5-14-24-34)35-25-15-6-16-26-35)41(53)49-38-42(54)52-39(32(27-47)28-58-43(38)52)44(55)57-40(30-17-7-2-8-18-30)31-19-9-3-10-20-31/h2-26,29,38,40,43H,27-28H2,1H3,(H,48,50)(H,49,53)/b51-37+/t38-,43-/m1/s1. The van der Waals surface area contributed by atoms with Gasteiger partial charge in [0.05, 0.1) is 0 Å². The molecule has 296 valence electrons. The number of anilines is 1. The molecule has 0 aliphatic carbocycles. The number of β-lactam (4-membered cyclic amide) rings is 1. The minimum atomic E-state index is -0.939. The number of alkyl halides is 1. The first-order chi connectivity index (χ1) is 28.9. The number of aromatic nitrogens is 1. The fourth-order valence-electron chi connectivity index (χ4n) is 7.41. The van der Waals surface area contributed by atoms with Crippen LogP contribution in [0.5, 0.6) is 0 Å². The summed E-state index contributed by atoms with van der Waals surface area (Å²) in [5.74, 6) is -1.26. The predicted molar refractivity (Wildman–Crippen MR) is 235 cm³/mol. The van der Waals surface area contributed by atoms with Gasteiger partial charge in [-0.1, -0.05) is 173 Å². The molecule has 2 amide bonds. The highest BCUT2D eigenvalue weighted by Crippen LogP contribution is 2.43. The van der Waals surface area contributed by atoms with E-state index < -0.39 is 40.8 Å². The lowest BCUT2D eigenvalue weighted by molar-refractivity contribution is -0.154. The van der Waals surface area contributed by atoms with Gasteiger partial charge in [-0.15, -0.1) is 23.1 Å². The monoisotopic (exact) mass is 883 g/mol. The molecule has 8 rings (SSSR count). The Morgan fingerprint density at radius 3 is 1.83 bits per heavy atom. The van der Waals surface area contributed by atoms with E-state index in [1.54, 1.807) is 5.38 Å². The van der Waals surface area contributed by atoms with Crippen LogP contribution in [0.25, 0.3) is 0 Å². The summed E-state index contributed by atoms with van der Waals surface area (Å²) >= 11 is 6.29. The van der Waals surface area contributed by atoms with Crippen LogP contribution >= 0.6 is 39.0 Å². The lowest BCUT2D eigenvalue weighted by Gasteiger charge is -2.49. The number of carbonyl (C=O) groups is 3. The molecule has 1 saturated heterocycles. The molecule has 6 aromatic rings. The topological polar surface area (TPSA) is 122 Å². The fourth-order valence-corrected chi connectivity index (χ4v) is 10.2. The van der Waals surface area contributed by atoms with Gasteiger partial charge in [0.15, 0.2) is 16.9 Å². The lowest BCUT2D eigenvalue weighted by Crippen LogP contribution is -2.71. The van der Waals surface area contributed by atoms with Crippen molar-refractivity contribution in [1.82, 2.24) is 15.2 Å². The maximum atomic E-state index is 14.1. The van der Waals surface area contributed by atoms with Crippen molar-refractivity contribution in [3.63, 3.8) is 0 Å². The van der Waals surface area contributed by atoms with Crippen molar-refractivity contribution in [2.75, 3.05) is 23.5 Å². The molecule has 5 aromatic carbocycles. The highest BCUT2D eigenvalue weighted by molar-refractivity contribution is 9.09. The number of hydrogen-bond acceptors (Lipinski definition) is 10. The Kier molecular flexibility index (Phi) is 12.0. The molecule has 1 fully saturated rings. The number of hydrogen-bond donors (Lipinski definition) is 2. The molecule has 0 radical (unpaired) electrons. The SMILES string of the molecule is CO/N=C(/C(=O)N[C@@H]1C(=O)N2C(C(=O)OC(c3ccccc3)c3ccccc3)=C(CBr)CS[C@H]12)c1csc(NC(c2ccccc2)(c2ccccc2)c2ccccc2)n1. The molecule has 10 nitrogen and oxygen atoms in total. The van der Waals surface area contributed by atoms with Crippen LogP contribution in [0.3, 0.4) is 0 Å². The second-order valence-electron chi connectivity index (χ2n) is 13.7. The van der Waals surface area contributed by atoms with E-state index in [1.165, 1.54) is 35.1 Å². The van der Waals surface area contributed by atoms with Crippen LogP contribution in [0, 0.1) is 0 Å². The number of benzene rings is 5. The van der Waals surface area contributed by atoms with Crippen molar-refractivity contribution < 1.29 is 24.0 Å². The number of oxime groups is 1. The summed E-state index contributed by atoms with van der Waals surface area (Å²) in [6.07, 6.45) is -0.697. The smallest absolute Gasteiger partial charge is 0.356 e. The third-order valence-corrected chi connectivity index (χ3v) is 13.0. The Morgan fingerprint density at radius 2 is 1.34 bits per heavy atom. The maximum absolute atomic E-state index is 14.1. The molecule has 1 aromatic heterocycles. The molecule has 0 bridgehead atoms. The van der Waals surface area contributed by atoms with E-state index in [1.807, 2.05) is 115 Å². The number of nitrogens with one attached hydrogen (secondary N) is 2. The van der Waals surface area contributed by atoms with E-state index in [-0.39, 0.29) is 17.1 Å². The average molecular weight is 885 g/mol. The summed E-state index contributed by atoms with van der Waals surface area (Å²) in [4.78, 5) is 53.5. The first-order valence-electron chi connectivity index (χ1n) is 18.8. The van der Waals surface area contributed by atoms with Gasteiger partial charge in [0, 0.05) is 16.5 Å². The zero-order valence-electron chi connectivity index (χ0n) is 31.7. The number of nitrogens with zero attached hydrogens (tertiary/aromatic N) is 3. The molecule has 59 heavy (non-hydrogen) atoms. The van der Waals surface area contributed by atoms with Gasteiger partial charge in [0.1, 0.15) is 35.5 Å². The van der Waals surface area contributed by atoms with E-state index in [4.69, 9.17) is 14.6 Å². The number of amides is 2. The number of thioether (sulfide) groups is 1. The van der Waals surface area contributed by atoms with Gasteiger partial charge < -0.3 is 20.2 Å². The molecule has 2 atom stereocenters. The van der Waals surface area contributed by atoms with E-state index >= 15 is 0 Å². The van der Waals surface area contributed by atoms with Crippen molar-refractivity contribution >= 4 is 67.7 Å². The van der Waals surface area contributed by atoms with E-state index in [0.29, 0.717) is 16.2 Å². The van der Waals surface area contributed by atoms with Crippen LogP contribution in [-0.4, -0.2) is 63.0 Å². The van der Waals surface area contributed by atoms with E-state index in [0.717, 1.165) is 33.4 Å². The number of fused-ring (bicyclic) bond motifs is 1. The van der Waals surface area contributed by atoms with Gasteiger partial charge >= 0.3 is 5.97 Å². The van der Waals surface area contributed by atoms with Gasteiger partial charge in [-0.25, -0.2) is 9.78 Å². The second kappa shape index (κ2) is 17.9. The minimum absolute atomic E-state index is 0.0986. The number of rotatable bonds is 14. The van der Waals surface area contributed by atoms with Crippen molar-refractivity contribution in [3.05, 3.63) is 202 Å². The molecular weight excluding hydrogens is 847 g/mol. The van der Waals surface area contributed by atoms with Crippen LogP contribution in [0.1, 0.15) is 39.6 Å². The Bertz CT molecular complexity index is 2350. The summed E-state index contributed by atoms with van der Waals surface area (Å²) < 4.78 is 6.20. The van der Waals surface area contributed by atoms with Crippen LogP contribution in [0.15, 0.2) is 173 Å². The van der Waals surface area contributed by atoms with Crippen LogP contribution < -0.4 is 10.6 Å². The first kappa shape index (κ1) is 39.8. The van der Waals surface area contributed by atoms with Crippen molar-refractivity contribution in [1.29, 1.82) is 0 Å². The van der Waals surface area contributed by atoms with Gasteiger partial charge in [0.25, 0.3) is 11.8 Å². The van der Waals surface area contributed by atoms with Gasteiger partial charge in [-0.3, -0.25) is 14.5 Å². The molecule has 0 spiro atoms. The Morgan fingerprint density at radius 1 is 0.831 bits per heavy atom. The Balaban J connectivity index is 1.03. The highest BCUT2D eigenvalue weighted by Gasteiger charge is 2.55. The van der Waals surface area contributed by atoms with Crippen molar-refractivity contribution in [3.8, 4) is 0 Å². The second-order valence-corrected chi connectivity index (χ2v) is 16.2. The quantitative estimate of drug-likeness (QED) is 0.0280. The van der Waals surface area contributed by atoms with Crippen LogP contribution in [0.2, 0.25) is 0 Å². The molecule has 3 heterocycles. The Hall–Kier alpha value is -6.02. The summed E-state index contributed by atoms with van der Waals surface area (Å²) in [5.41, 5.74) is 4.79. The molecule has 0 saturated carbocycles. The maximum Gasteiger partial charge on any atom is 0.356 e. The largest absolute Gasteiger partial charge is 0.448 e. The molecule has 2 aliphatic heterocycles. The van der Waals surface area contributed by atoms with Crippen molar-refractivity contribution in [2.45, 2.75) is 23.1 Å². The summed E-state index contributed by atoms with van der Waals surface area (Å²) in [6, 6.07) is 48.4. The Labute approximate surface area is 358 Å². The number of thiazole rings is 1. The third kappa shape index (κ3) is 7.93. The minimum Gasteiger partial charge on any atom is -0.448 e. The number of esters is 1. The van der Waals surface area contributed by atoms with Crippen molar-refractivity contribution in [2.24, 2.45) is 5.16 Å². The van der Waals surface area contributed by atoms with Gasteiger partial charge in [0.2, 0.25) is 0 Å². The predicted octanol–water partition coefficient (Wildman–Crippen LogP) is 8.28. The number of halogens is 1. The molecule has 2 aliphatic rings. The van der Waals surface area contributed by atoms with Crippen LogP contribution in [-0.2, 0) is 29.5 Å². The summed E-state index contributed by atoms with van der Waals surface area (Å²) in [6.45, 7) is 0. The zero-order chi connectivity index (χ0) is 40.8. The summed E-state index contributed by atoms with van der Waals surface area (Å²) in [7, 11) is 1.35. The van der Waals surface area contributed by atoms with Crippen LogP contribution in [0.4, 0.5) is 5.13 Å². The van der Waals surface area contributed by atoms with Gasteiger partial charge in [-0.05, 0) is 33.4 Å². The number of carbonyl (C=O) groups excluding carboxylic acids is 3. The zero-order valence-corrected chi connectivity index (χ0v) is 35.0. The fraction of sp³-hybridized carbons (Fsp3) is 0.152. The summed E-state index contributed by atoms with van der Waals surface area (Å²) in [5, 5.41) is 12.7.